The predicted octanol–water partition coefficient (Wildman–Crippen LogP) is 3.91. The predicted molar refractivity (Wildman–Crippen MR) is 122 cm³/mol. The third-order valence-corrected chi connectivity index (χ3v) is 6.12. The summed E-state index contributed by atoms with van der Waals surface area (Å²) >= 11 is 6.18. The third-order valence-electron chi connectivity index (χ3n) is 5.75. The van der Waals surface area contributed by atoms with Crippen molar-refractivity contribution >= 4 is 23.4 Å². The Morgan fingerprint density at radius 2 is 1.48 bits per heavy atom. The van der Waals surface area contributed by atoms with Crippen LogP contribution in [0.4, 0.5) is 0 Å². The molecule has 1 aromatic heterocycles. The van der Waals surface area contributed by atoms with Gasteiger partial charge in [0.2, 0.25) is 5.91 Å². The van der Waals surface area contributed by atoms with Gasteiger partial charge in [0, 0.05) is 43.9 Å². The van der Waals surface area contributed by atoms with E-state index in [-0.39, 0.29) is 18.2 Å². The summed E-state index contributed by atoms with van der Waals surface area (Å²) in [5.74, 6) is 0.0719. The van der Waals surface area contributed by atoms with Crippen LogP contribution in [-0.4, -0.2) is 52.4 Å². The molecule has 160 valence electrons. The van der Waals surface area contributed by atoms with Crippen LogP contribution in [0.25, 0.3) is 0 Å². The minimum atomic E-state index is 0.0243. The van der Waals surface area contributed by atoms with Crippen LogP contribution in [0.1, 0.15) is 21.6 Å². The molecule has 1 aliphatic heterocycles. The van der Waals surface area contributed by atoms with Crippen LogP contribution in [-0.2, 0) is 24.2 Å². The summed E-state index contributed by atoms with van der Waals surface area (Å²) < 4.78 is 2.02. The van der Waals surface area contributed by atoms with E-state index in [2.05, 4.69) is 12.1 Å². The maximum Gasteiger partial charge on any atom is 0.270 e. The van der Waals surface area contributed by atoms with Crippen molar-refractivity contribution in [2.45, 2.75) is 19.4 Å². The Hall–Kier alpha value is -3.05. The van der Waals surface area contributed by atoms with Crippen LogP contribution in [0.2, 0.25) is 5.02 Å². The lowest BCUT2D eigenvalue weighted by molar-refractivity contribution is -0.131. The quantitative estimate of drug-likeness (QED) is 0.589. The van der Waals surface area contributed by atoms with E-state index in [1.54, 1.807) is 6.07 Å². The minimum Gasteiger partial charge on any atom is -0.343 e. The van der Waals surface area contributed by atoms with Gasteiger partial charge in [-0.25, -0.2) is 0 Å². The van der Waals surface area contributed by atoms with Crippen LogP contribution < -0.4 is 0 Å². The lowest BCUT2D eigenvalue weighted by atomic mass is 10.1. The van der Waals surface area contributed by atoms with Gasteiger partial charge >= 0.3 is 0 Å². The van der Waals surface area contributed by atoms with E-state index in [0.717, 1.165) is 18.5 Å². The average molecular weight is 436 g/mol. The van der Waals surface area contributed by atoms with Gasteiger partial charge in [0.15, 0.2) is 0 Å². The second-order valence-corrected chi connectivity index (χ2v) is 8.17. The molecule has 0 radical (unpaired) electrons. The van der Waals surface area contributed by atoms with Crippen LogP contribution in [0.5, 0.6) is 0 Å². The second-order valence-electron chi connectivity index (χ2n) is 7.76. The average Bonchev–Trinajstić information content (AvgIpc) is 3.28. The summed E-state index contributed by atoms with van der Waals surface area (Å²) in [4.78, 5) is 29.4. The first-order valence-electron chi connectivity index (χ1n) is 10.6. The van der Waals surface area contributed by atoms with Crippen molar-refractivity contribution < 1.29 is 9.59 Å². The molecule has 0 N–H and O–H groups in total. The molecule has 1 aliphatic rings. The molecular formula is C25H26ClN3O2. The van der Waals surface area contributed by atoms with Crippen LogP contribution in [0.3, 0.4) is 0 Å². The number of rotatable bonds is 6. The summed E-state index contributed by atoms with van der Waals surface area (Å²) in [6, 6.07) is 21.5. The lowest BCUT2D eigenvalue weighted by Crippen LogP contribution is -2.51. The normalized spacial score (nSPS) is 14.0. The highest BCUT2D eigenvalue weighted by atomic mass is 35.5. The molecule has 2 aromatic carbocycles. The number of nitrogens with zero attached hydrogens (tertiary/aromatic N) is 3. The monoisotopic (exact) mass is 435 g/mol. The first kappa shape index (κ1) is 21.2. The van der Waals surface area contributed by atoms with Crippen molar-refractivity contribution in [3.05, 3.63) is 94.8 Å². The first-order valence-corrected chi connectivity index (χ1v) is 11.0. The molecule has 2 amide bonds. The number of carbonyl (C=O) groups is 2. The zero-order valence-electron chi connectivity index (χ0n) is 17.4. The largest absolute Gasteiger partial charge is 0.343 e. The summed E-state index contributed by atoms with van der Waals surface area (Å²) in [5, 5.41) is 0.612. The van der Waals surface area contributed by atoms with E-state index in [4.69, 9.17) is 11.6 Å². The summed E-state index contributed by atoms with van der Waals surface area (Å²) in [7, 11) is 0. The van der Waals surface area contributed by atoms with Crippen molar-refractivity contribution in [3.63, 3.8) is 0 Å². The van der Waals surface area contributed by atoms with Gasteiger partial charge in [-0.3, -0.25) is 9.59 Å². The molecule has 0 saturated carbocycles. The summed E-state index contributed by atoms with van der Waals surface area (Å²) in [6.45, 7) is 2.92. The molecule has 0 bridgehead atoms. The molecule has 1 fully saturated rings. The van der Waals surface area contributed by atoms with E-state index in [1.807, 2.05) is 69.1 Å². The number of aryl methyl sites for hydroxylation is 2. The van der Waals surface area contributed by atoms with E-state index < -0.39 is 0 Å². The van der Waals surface area contributed by atoms with Crippen molar-refractivity contribution in [2.75, 3.05) is 26.2 Å². The highest BCUT2D eigenvalue weighted by Crippen LogP contribution is 2.17. The maximum absolute atomic E-state index is 13.1. The molecule has 31 heavy (non-hydrogen) atoms. The standard InChI is InChI=1S/C25H26ClN3O2/c26-22-10-5-4-9-21(22)19-24(30)28-15-17-29(18-16-28)25(31)23-11-6-13-27(23)14-12-20-7-2-1-3-8-20/h1-11,13H,12,14-19H2. The van der Waals surface area contributed by atoms with Crippen molar-refractivity contribution in [3.8, 4) is 0 Å². The van der Waals surface area contributed by atoms with Gasteiger partial charge in [-0.15, -0.1) is 0 Å². The fourth-order valence-corrected chi connectivity index (χ4v) is 4.14. The number of carbonyl (C=O) groups excluding carboxylic acids is 2. The molecule has 2 heterocycles. The van der Waals surface area contributed by atoms with Gasteiger partial charge in [0.25, 0.3) is 5.91 Å². The molecule has 3 aromatic rings. The van der Waals surface area contributed by atoms with Gasteiger partial charge in [-0.1, -0.05) is 60.1 Å². The lowest BCUT2D eigenvalue weighted by Gasteiger charge is -2.35. The Morgan fingerprint density at radius 1 is 0.806 bits per heavy atom. The van der Waals surface area contributed by atoms with Crippen LogP contribution in [0.15, 0.2) is 72.9 Å². The van der Waals surface area contributed by atoms with Gasteiger partial charge < -0.3 is 14.4 Å². The van der Waals surface area contributed by atoms with Crippen molar-refractivity contribution in [2.24, 2.45) is 0 Å². The topological polar surface area (TPSA) is 45.6 Å². The van der Waals surface area contributed by atoms with Crippen LogP contribution >= 0.6 is 11.6 Å². The number of hydrogen-bond donors (Lipinski definition) is 0. The Morgan fingerprint density at radius 3 is 2.23 bits per heavy atom. The second kappa shape index (κ2) is 9.84. The zero-order valence-corrected chi connectivity index (χ0v) is 18.2. The Balaban J connectivity index is 1.32. The first-order chi connectivity index (χ1) is 15.1. The van der Waals surface area contributed by atoms with Gasteiger partial charge in [-0.05, 0) is 35.7 Å². The Bertz CT molecular complexity index is 1040. The Labute approximate surface area is 187 Å². The van der Waals surface area contributed by atoms with E-state index in [9.17, 15) is 9.59 Å². The fourth-order valence-electron chi connectivity index (χ4n) is 3.93. The number of benzene rings is 2. The van der Waals surface area contributed by atoms with E-state index >= 15 is 0 Å². The van der Waals surface area contributed by atoms with Crippen molar-refractivity contribution in [1.82, 2.24) is 14.4 Å². The van der Waals surface area contributed by atoms with Gasteiger partial charge in [0.1, 0.15) is 5.69 Å². The molecule has 0 aliphatic carbocycles. The highest BCUT2D eigenvalue weighted by molar-refractivity contribution is 6.31. The number of piperazine rings is 1. The molecule has 4 rings (SSSR count). The third kappa shape index (κ3) is 5.17. The fraction of sp³-hybridized carbons (Fsp3) is 0.280. The zero-order chi connectivity index (χ0) is 21.6. The molecular weight excluding hydrogens is 410 g/mol. The summed E-state index contributed by atoms with van der Waals surface area (Å²) in [5.41, 5.74) is 2.79. The molecule has 0 spiro atoms. The molecule has 0 atom stereocenters. The molecule has 0 unspecified atom stereocenters. The number of amides is 2. The minimum absolute atomic E-state index is 0.0243. The summed E-state index contributed by atoms with van der Waals surface area (Å²) in [6.07, 6.45) is 3.12. The smallest absolute Gasteiger partial charge is 0.270 e. The molecule has 5 nitrogen and oxygen atoms in total. The highest BCUT2D eigenvalue weighted by Gasteiger charge is 2.26. The Kier molecular flexibility index (Phi) is 6.73. The number of aromatic nitrogens is 1. The molecule has 6 heteroatoms. The SMILES string of the molecule is O=C(Cc1ccccc1Cl)N1CCN(C(=O)c2cccn2CCc2ccccc2)CC1. The number of halogens is 1. The van der Waals surface area contributed by atoms with Crippen LogP contribution in [0, 0.1) is 0 Å². The number of hydrogen-bond acceptors (Lipinski definition) is 2. The maximum atomic E-state index is 13.1. The van der Waals surface area contributed by atoms with E-state index in [1.165, 1.54) is 5.56 Å². The van der Waals surface area contributed by atoms with E-state index in [0.29, 0.717) is 36.9 Å². The van der Waals surface area contributed by atoms with Gasteiger partial charge in [0.05, 0.1) is 6.42 Å². The van der Waals surface area contributed by atoms with Crippen molar-refractivity contribution in [1.29, 1.82) is 0 Å². The molecule has 1 saturated heterocycles. The van der Waals surface area contributed by atoms with Gasteiger partial charge in [-0.2, -0.15) is 0 Å².